The van der Waals surface area contributed by atoms with Gasteiger partial charge in [-0.3, -0.25) is 9.52 Å². The molecule has 4 rings (SSSR count). The number of ether oxygens (including phenoxy) is 2. The number of esters is 1. The van der Waals surface area contributed by atoms with Gasteiger partial charge < -0.3 is 14.5 Å². The molecule has 1 heterocycles. The van der Waals surface area contributed by atoms with Crippen LogP contribution in [0.25, 0.3) is 10.9 Å². The van der Waals surface area contributed by atoms with Gasteiger partial charge >= 0.3 is 5.97 Å². The summed E-state index contributed by atoms with van der Waals surface area (Å²) in [7, 11) is -2.45. The van der Waals surface area contributed by atoms with E-state index in [4.69, 9.17) is 9.47 Å². The Kier molecular flexibility index (Phi) is 6.33. The van der Waals surface area contributed by atoms with Crippen LogP contribution in [0.1, 0.15) is 29.2 Å². The van der Waals surface area contributed by atoms with Crippen LogP contribution in [0.15, 0.2) is 82.5 Å². The Balaban J connectivity index is 1.52. The van der Waals surface area contributed by atoms with Crippen LogP contribution in [0.2, 0.25) is 0 Å². The third-order valence-electron chi connectivity index (χ3n) is 5.02. The van der Waals surface area contributed by atoms with Gasteiger partial charge in [0.2, 0.25) is 0 Å². The number of sulfonamides is 1. The number of nitrogens with one attached hydrogen (secondary N) is 2. The molecule has 2 N–H and O–H groups in total. The first kappa shape index (κ1) is 23.0. The van der Waals surface area contributed by atoms with E-state index in [1.165, 1.54) is 31.4 Å². The number of hydrogen-bond acceptors (Lipinski definition) is 7. The Hall–Kier alpha value is -4.18. The summed E-state index contributed by atoms with van der Waals surface area (Å²) >= 11 is 0. The molecule has 0 fully saturated rings. The highest BCUT2D eigenvalue weighted by Gasteiger charge is 2.20. The molecule has 0 aliphatic carbocycles. The maximum absolute atomic E-state index is 12.8. The maximum Gasteiger partial charge on any atom is 0.338 e. The van der Waals surface area contributed by atoms with Crippen LogP contribution in [0.5, 0.6) is 5.75 Å². The number of hydrogen-bond donors (Lipinski definition) is 2. The normalized spacial score (nSPS) is 12.2. The van der Waals surface area contributed by atoms with Crippen LogP contribution in [-0.4, -0.2) is 31.5 Å². The monoisotopic (exact) mass is 479 g/mol. The van der Waals surface area contributed by atoms with Gasteiger partial charge in [0.15, 0.2) is 11.9 Å². The van der Waals surface area contributed by atoms with E-state index in [0.29, 0.717) is 22.3 Å². The second-order valence-electron chi connectivity index (χ2n) is 7.38. The Morgan fingerprint density at radius 3 is 2.50 bits per heavy atom. The molecule has 0 saturated carbocycles. The second-order valence-corrected chi connectivity index (χ2v) is 9.06. The number of aromatic nitrogens is 2. The second kappa shape index (κ2) is 9.36. The lowest BCUT2D eigenvalue weighted by molar-refractivity contribution is 0.0319. The van der Waals surface area contributed by atoms with E-state index in [9.17, 15) is 18.0 Å². The third-order valence-corrected chi connectivity index (χ3v) is 6.40. The molecule has 1 unspecified atom stereocenters. The number of benzene rings is 3. The molecule has 0 saturated heterocycles. The van der Waals surface area contributed by atoms with Gasteiger partial charge in [0.05, 0.1) is 28.5 Å². The zero-order valence-electron chi connectivity index (χ0n) is 18.3. The highest BCUT2D eigenvalue weighted by molar-refractivity contribution is 7.92. The molecule has 1 aromatic heterocycles. The summed E-state index contributed by atoms with van der Waals surface area (Å²) < 4.78 is 38.5. The van der Waals surface area contributed by atoms with Gasteiger partial charge in [-0.1, -0.05) is 18.2 Å². The average molecular weight is 480 g/mol. The summed E-state index contributed by atoms with van der Waals surface area (Å²) in [5.74, 6) is 0.0101. The molecular weight excluding hydrogens is 458 g/mol. The minimum absolute atomic E-state index is 0.0348. The molecule has 9 nitrogen and oxygen atoms in total. The summed E-state index contributed by atoms with van der Waals surface area (Å²) in [4.78, 5) is 31.9. The molecule has 0 spiro atoms. The SMILES string of the molecule is COc1ccc(NS(=O)(=O)c2cccc(C(=O)OC(C)c3nc4ccccc4c(=O)[nH]3)c2)cc1. The summed E-state index contributed by atoms with van der Waals surface area (Å²) in [6.07, 6.45) is -0.873. The van der Waals surface area contributed by atoms with Crippen molar-refractivity contribution >= 4 is 32.6 Å². The Bertz CT molecular complexity index is 1510. The van der Waals surface area contributed by atoms with Crippen molar-refractivity contribution in [1.82, 2.24) is 9.97 Å². The Labute approximate surface area is 195 Å². The van der Waals surface area contributed by atoms with Gasteiger partial charge in [-0.15, -0.1) is 0 Å². The van der Waals surface area contributed by atoms with Crippen LogP contribution in [0, 0.1) is 0 Å². The number of anilines is 1. The first-order valence-corrected chi connectivity index (χ1v) is 11.7. The molecule has 0 aliphatic rings. The standard InChI is InChI=1S/C24H21N3O6S/c1-15(22-25-21-9-4-3-8-20(21)23(28)26-22)33-24(29)16-6-5-7-19(14-16)34(30,31)27-17-10-12-18(32-2)13-11-17/h3-15,27H,1-2H3,(H,25,26,28). The van der Waals surface area contributed by atoms with Crippen molar-refractivity contribution in [1.29, 1.82) is 0 Å². The van der Waals surface area contributed by atoms with Crippen molar-refractivity contribution in [3.8, 4) is 5.75 Å². The first-order chi connectivity index (χ1) is 16.3. The quantitative estimate of drug-likeness (QED) is 0.387. The van der Waals surface area contributed by atoms with Crippen LogP contribution in [0.3, 0.4) is 0 Å². The number of nitrogens with zero attached hydrogens (tertiary/aromatic N) is 1. The predicted molar refractivity (Wildman–Crippen MR) is 126 cm³/mol. The molecule has 174 valence electrons. The van der Waals surface area contributed by atoms with E-state index < -0.39 is 22.1 Å². The summed E-state index contributed by atoms with van der Waals surface area (Å²) in [5, 5.41) is 0.423. The zero-order chi connectivity index (χ0) is 24.3. The number of aromatic amines is 1. The molecular formula is C24H21N3O6S. The van der Waals surface area contributed by atoms with Gasteiger partial charge in [0.1, 0.15) is 5.75 Å². The predicted octanol–water partition coefficient (Wildman–Crippen LogP) is 3.65. The number of carbonyl (C=O) groups excluding carboxylic acids is 1. The Morgan fingerprint density at radius 2 is 1.76 bits per heavy atom. The minimum atomic E-state index is -3.96. The largest absolute Gasteiger partial charge is 0.497 e. The molecule has 3 aromatic carbocycles. The van der Waals surface area contributed by atoms with Crippen LogP contribution in [0.4, 0.5) is 5.69 Å². The van der Waals surface area contributed by atoms with E-state index in [1.54, 1.807) is 55.5 Å². The molecule has 1 atom stereocenters. The van der Waals surface area contributed by atoms with Crippen molar-refractivity contribution in [2.75, 3.05) is 11.8 Å². The van der Waals surface area contributed by atoms with Gasteiger partial charge in [-0.2, -0.15) is 0 Å². The van der Waals surface area contributed by atoms with Gasteiger partial charge in [-0.25, -0.2) is 18.2 Å². The van der Waals surface area contributed by atoms with E-state index in [0.717, 1.165) is 0 Å². The summed E-state index contributed by atoms with van der Waals surface area (Å²) in [6, 6.07) is 18.7. The van der Waals surface area contributed by atoms with Crippen LogP contribution < -0.4 is 15.0 Å². The number of carbonyl (C=O) groups is 1. The van der Waals surface area contributed by atoms with Crippen molar-refractivity contribution in [2.24, 2.45) is 0 Å². The smallest absolute Gasteiger partial charge is 0.338 e. The molecule has 0 amide bonds. The fourth-order valence-electron chi connectivity index (χ4n) is 3.24. The number of rotatable bonds is 7. The first-order valence-electron chi connectivity index (χ1n) is 10.2. The molecule has 10 heteroatoms. The summed E-state index contributed by atoms with van der Waals surface area (Å²) in [6.45, 7) is 1.57. The average Bonchev–Trinajstić information content (AvgIpc) is 2.84. The van der Waals surface area contributed by atoms with Crippen molar-refractivity contribution in [3.05, 3.63) is 94.5 Å². The molecule has 0 radical (unpaired) electrons. The topological polar surface area (TPSA) is 127 Å². The maximum atomic E-state index is 12.8. The zero-order valence-corrected chi connectivity index (χ0v) is 19.1. The fraction of sp³-hybridized carbons (Fsp3) is 0.125. The fourth-order valence-corrected chi connectivity index (χ4v) is 4.35. The number of fused-ring (bicyclic) bond motifs is 1. The van der Waals surface area contributed by atoms with Gasteiger partial charge in [0.25, 0.3) is 15.6 Å². The minimum Gasteiger partial charge on any atom is -0.497 e. The van der Waals surface area contributed by atoms with Crippen molar-refractivity contribution in [3.63, 3.8) is 0 Å². The molecule has 0 bridgehead atoms. The lowest BCUT2D eigenvalue weighted by Gasteiger charge is -2.14. The lowest BCUT2D eigenvalue weighted by atomic mass is 10.2. The van der Waals surface area contributed by atoms with Crippen LogP contribution >= 0.6 is 0 Å². The molecule has 4 aromatic rings. The van der Waals surface area contributed by atoms with E-state index >= 15 is 0 Å². The number of methoxy groups -OCH3 is 1. The lowest BCUT2D eigenvalue weighted by Crippen LogP contribution is -2.18. The van der Waals surface area contributed by atoms with Gasteiger partial charge in [-0.05, 0) is 61.5 Å². The highest BCUT2D eigenvalue weighted by Crippen LogP contribution is 2.21. The van der Waals surface area contributed by atoms with Gasteiger partial charge in [0, 0.05) is 5.69 Å². The van der Waals surface area contributed by atoms with E-state index in [2.05, 4.69) is 14.7 Å². The molecule has 34 heavy (non-hydrogen) atoms. The number of para-hydroxylation sites is 1. The third kappa shape index (κ3) is 4.91. The Morgan fingerprint density at radius 1 is 1.03 bits per heavy atom. The van der Waals surface area contributed by atoms with E-state index in [-0.39, 0.29) is 21.8 Å². The highest BCUT2D eigenvalue weighted by atomic mass is 32.2. The van der Waals surface area contributed by atoms with Crippen molar-refractivity contribution in [2.45, 2.75) is 17.9 Å². The summed E-state index contributed by atoms with van der Waals surface area (Å²) in [5.41, 5.74) is 0.504. The number of H-pyrrole nitrogens is 1. The molecule has 0 aliphatic heterocycles. The van der Waals surface area contributed by atoms with Crippen LogP contribution in [-0.2, 0) is 14.8 Å². The van der Waals surface area contributed by atoms with E-state index in [1.807, 2.05) is 0 Å². The van der Waals surface area contributed by atoms with Crippen molar-refractivity contribution < 1.29 is 22.7 Å².